The van der Waals surface area contributed by atoms with Gasteiger partial charge in [0.25, 0.3) is 0 Å². The number of nitrogens with zero attached hydrogens (tertiary/aromatic N) is 1. The van der Waals surface area contributed by atoms with E-state index in [4.69, 9.17) is 9.47 Å². The van der Waals surface area contributed by atoms with Crippen LogP contribution in [-0.4, -0.2) is 26.0 Å². The highest BCUT2D eigenvalue weighted by Crippen LogP contribution is 2.31. The Morgan fingerprint density at radius 3 is 2.38 bits per heavy atom. The van der Waals surface area contributed by atoms with E-state index in [0.717, 1.165) is 11.3 Å². The third-order valence-electron chi connectivity index (χ3n) is 4.23. The summed E-state index contributed by atoms with van der Waals surface area (Å²) >= 11 is 0. The van der Waals surface area contributed by atoms with Crippen LogP contribution in [0.25, 0.3) is 0 Å². The van der Waals surface area contributed by atoms with Crippen molar-refractivity contribution in [3.8, 4) is 11.5 Å². The molecule has 2 aromatic rings. The number of rotatable bonds is 5. The maximum absolute atomic E-state index is 12.7. The zero-order valence-corrected chi connectivity index (χ0v) is 13.7. The zero-order chi connectivity index (χ0) is 17.1. The molecule has 3 rings (SSSR count). The number of para-hydroxylation sites is 1. The maximum Gasteiger partial charge on any atom is 0.237 e. The lowest BCUT2D eigenvalue weighted by molar-refractivity contribution is -0.122. The number of ether oxygens (including phenoxy) is 2. The van der Waals surface area contributed by atoms with Crippen molar-refractivity contribution >= 4 is 17.5 Å². The summed E-state index contributed by atoms with van der Waals surface area (Å²) in [5.41, 5.74) is 1.51. The van der Waals surface area contributed by atoms with Crippen LogP contribution in [0.4, 0.5) is 5.69 Å². The van der Waals surface area contributed by atoms with Gasteiger partial charge in [-0.15, -0.1) is 0 Å². The van der Waals surface area contributed by atoms with Gasteiger partial charge in [0.1, 0.15) is 11.5 Å². The smallest absolute Gasteiger partial charge is 0.237 e. The first-order chi connectivity index (χ1) is 11.6. The molecule has 1 aliphatic rings. The van der Waals surface area contributed by atoms with E-state index in [1.165, 1.54) is 4.90 Å². The van der Waals surface area contributed by atoms with Crippen LogP contribution >= 0.6 is 0 Å². The van der Waals surface area contributed by atoms with Gasteiger partial charge in [0.15, 0.2) is 0 Å². The van der Waals surface area contributed by atoms with Gasteiger partial charge in [0.2, 0.25) is 11.8 Å². The molecule has 1 heterocycles. The number of carbonyl (C=O) groups excluding carboxylic acids is 2. The number of amides is 2. The molecule has 0 radical (unpaired) electrons. The summed E-state index contributed by atoms with van der Waals surface area (Å²) < 4.78 is 10.4. The molecule has 0 bridgehead atoms. The largest absolute Gasteiger partial charge is 0.497 e. The molecule has 1 aliphatic heterocycles. The van der Waals surface area contributed by atoms with Crippen LogP contribution in [0.3, 0.4) is 0 Å². The van der Waals surface area contributed by atoms with Gasteiger partial charge in [-0.05, 0) is 42.3 Å². The fraction of sp³-hybridized carbons (Fsp3) is 0.263. The number of carbonyl (C=O) groups is 2. The number of methoxy groups -OCH3 is 2. The molecular weight excluding hydrogens is 306 g/mol. The summed E-state index contributed by atoms with van der Waals surface area (Å²) in [6.07, 6.45) is 0.699. The van der Waals surface area contributed by atoms with E-state index >= 15 is 0 Å². The molecule has 2 aromatic carbocycles. The quantitative estimate of drug-likeness (QED) is 0.793. The second-order valence-corrected chi connectivity index (χ2v) is 5.68. The fourth-order valence-corrected chi connectivity index (χ4v) is 2.99. The summed E-state index contributed by atoms with van der Waals surface area (Å²) in [6.45, 7) is 0. The third-order valence-corrected chi connectivity index (χ3v) is 4.23. The average molecular weight is 325 g/mol. The Morgan fingerprint density at radius 1 is 1.00 bits per heavy atom. The van der Waals surface area contributed by atoms with Crippen LogP contribution in [0.15, 0.2) is 48.5 Å². The molecular formula is C19H19NO4. The first kappa shape index (κ1) is 16.1. The van der Waals surface area contributed by atoms with E-state index in [-0.39, 0.29) is 24.2 Å². The molecule has 5 heteroatoms. The Bertz CT molecular complexity index is 754. The molecule has 0 saturated carbocycles. The minimum Gasteiger partial charge on any atom is -0.497 e. The Labute approximate surface area is 140 Å². The van der Waals surface area contributed by atoms with E-state index in [1.54, 1.807) is 38.5 Å². The van der Waals surface area contributed by atoms with Crippen molar-refractivity contribution in [3.05, 3.63) is 54.1 Å². The topological polar surface area (TPSA) is 55.8 Å². The number of imide groups is 1. The molecule has 24 heavy (non-hydrogen) atoms. The minimum absolute atomic E-state index is 0.170. The third kappa shape index (κ3) is 2.97. The van der Waals surface area contributed by atoms with Crippen LogP contribution < -0.4 is 14.4 Å². The van der Waals surface area contributed by atoms with Gasteiger partial charge in [-0.25, -0.2) is 0 Å². The van der Waals surface area contributed by atoms with E-state index in [1.807, 2.05) is 24.3 Å². The SMILES string of the molecule is COc1ccc(N2C(=O)C[C@H](Cc3ccccc3OC)C2=O)cc1. The molecule has 0 aromatic heterocycles. The highest BCUT2D eigenvalue weighted by atomic mass is 16.5. The second kappa shape index (κ2) is 6.74. The molecule has 1 saturated heterocycles. The molecule has 5 nitrogen and oxygen atoms in total. The van der Waals surface area contributed by atoms with Crippen molar-refractivity contribution in [2.75, 3.05) is 19.1 Å². The highest BCUT2D eigenvalue weighted by Gasteiger charge is 2.39. The zero-order valence-electron chi connectivity index (χ0n) is 13.7. The number of hydrogen-bond acceptors (Lipinski definition) is 4. The van der Waals surface area contributed by atoms with Crippen LogP contribution in [0.5, 0.6) is 11.5 Å². The Balaban J connectivity index is 1.80. The van der Waals surface area contributed by atoms with Crippen molar-refractivity contribution in [3.63, 3.8) is 0 Å². The van der Waals surface area contributed by atoms with Crippen molar-refractivity contribution in [1.82, 2.24) is 0 Å². The van der Waals surface area contributed by atoms with Crippen molar-refractivity contribution < 1.29 is 19.1 Å². The summed E-state index contributed by atoms with van der Waals surface area (Å²) in [7, 11) is 3.18. The van der Waals surface area contributed by atoms with Crippen molar-refractivity contribution in [2.24, 2.45) is 5.92 Å². The number of benzene rings is 2. The van der Waals surface area contributed by atoms with Crippen molar-refractivity contribution in [1.29, 1.82) is 0 Å². The molecule has 1 atom stereocenters. The molecule has 0 unspecified atom stereocenters. The average Bonchev–Trinajstić information content (AvgIpc) is 2.89. The van der Waals surface area contributed by atoms with E-state index in [0.29, 0.717) is 17.9 Å². The molecule has 0 aliphatic carbocycles. The van der Waals surface area contributed by atoms with E-state index in [2.05, 4.69) is 0 Å². The van der Waals surface area contributed by atoms with Gasteiger partial charge < -0.3 is 9.47 Å². The van der Waals surface area contributed by atoms with E-state index in [9.17, 15) is 9.59 Å². The molecule has 2 amide bonds. The predicted octanol–water partition coefficient (Wildman–Crippen LogP) is 2.83. The first-order valence-electron chi connectivity index (χ1n) is 7.76. The van der Waals surface area contributed by atoms with Gasteiger partial charge in [0.05, 0.1) is 25.8 Å². The van der Waals surface area contributed by atoms with Crippen LogP contribution in [-0.2, 0) is 16.0 Å². The summed E-state index contributed by atoms with van der Waals surface area (Å²) in [5, 5.41) is 0. The van der Waals surface area contributed by atoms with Gasteiger partial charge in [0, 0.05) is 6.42 Å². The summed E-state index contributed by atoms with van der Waals surface area (Å²) in [4.78, 5) is 26.3. The van der Waals surface area contributed by atoms with Gasteiger partial charge in [-0.2, -0.15) is 0 Å². The predicted molar refractivity (Wildman–Crippen MR) is 90.3 cm³/mol. The van der Waals surface area contributed by atoms with Crippen LogP contribution in [0, 0.1) is 5.92 Å². The Kier molecular flexibility index (Phi) is 4.51. The van der Waals surface area contributed by atoms with Crippen LogP contribution in [0.1, 0.15) is 12.0 Å². The summed E-state index contributed by atoms with van der Waals surface area (Å²) in [6, 6.07) is 14.5. The standard InChI is InChI=1S/C19H19NO4/c1-23-16-9-7-15(8-10-16)20-18(21)12-14(19(20)22)11-13-5-3-4-6-17(13)24-2/h3-10,14H,11-12H2,1-2H3/t14-/m0/s1. The van der Waals surface area contributed by atoms with Gasteiger partial charge in [-0.1, -0.05) is 18.2 Å². The van der Waals surface area contributed by atoms with Crippen LogP contribution in [0.2, 0.25) is 0 Å². The first-order valence-corrected chi connectivity index (χ1v) is 7.76. The molecule has 0 N–H and O–H groups in total. The monoisotopic (exact) mass is 325 g/mol. The molecule has 124 valence electrons. The lowest BCUT2D eigenvalue weighted by atomic mass is 9.97. The second-order valence-electron chi connectivity index (χ2n) is 5.68. The minimum atomic E-state index is -0.365. The summed E-state index contributed by atoms with van der Waals surface area (Å²) in [5.74, 6) is 0.709. The molecule has 0 spiro atoms. The maximum atomic E-state index is 12.7. The lowest BCUT2D eigenvalue weighted by Gasteiger charge is -2.16. The number of hydrogen-bond donors (Lipinski definition) is 0. The highest BCUT2D eigenvalue weighted by molar-refractivity contribution is 6.21. The Hall–Kier alpha value is -2.82. The fourth-order valence-electron chi connectivity index (χ4n) is 2.99. The molecule has 1 fully saturated rings. The van der Waals surface area contributed by atoms with Gasteiger partial charge in [-0.3, -0.25) is 14.5 Å². The number of anilines is 1. The van der Waals surface area contributed by atoms with Crippen molar-refractivity contribution in [2.45, 2.75) is 12.8 Å². The lowest BCUT2D eigenvalue weighted by Crippen LogP contribution is -2.30. The van der Waals surface area contributed by atoms with E-state index < -0.39 is 0 Å². The normalized spacial score (nSPS) is 17.2. The van der Waals surface area contributed by atoms with Gasteiger partial charge >= 0.3 is 0 Å². The Morgan fingerprint density at radius 2 is 1.71 bits per heavy atom.